The minimum absolute atomic E-state index is 0.436. The number of hydrogen-bond acceptors (Lipinski definition) is 4. The molecule has 2 N–H and O–H groups in total. The molecular weight excluding hydrogens is 288 g/mol. The van der Waals surface area contributed by atoms with E-state index in [1.165, 1.54) is 29.7 Å². The Bertz CT molecular complexity index is 903. The molecule has 0 spiro atoms. The van der Waals surface area contributed by atoms with Crippen LogP contribution in [0.15, 0.2) is 24.5 Å². The van der Waals surface area contributed by atoms with Crippen LogP contribution in [0.25, 0.3) is 5.52 Å². The van der Waals surface area contributed by atoms with Gasteiger partial charge in [-0.3, -0.25) is 0 Å². The predicted molar refractivity (Wildman–Crippen MR) is 86.1 cm³/mol. The number of pyridine rings is 1. The normalized spacial score (nSPS) is 24.1. The van der Waals surface area contributed by atoms with Gasteiger partial charge >= 0.3 is 0 Å². The first-order valence-electron chi connectivity index (χ1n) is 8.30. The third-order valence-corrected chi connectivity index (χ3v) is 5.20. The monoisotopic (exact) mass is 308 g/mol. The summed E-state index contributed by atoms with van der Waals surface area (Å²) in [6.45, 7) is 2.09. The average molecular weight is 308 g/mol. The lowest BCUT2D eigenvalue weighted by atomic mass is 9.79. The van der Waals surface area contributed by atoms with Crippen LogP contribution in [0.4, 0.5) is 0 Å². The fourth-order valence-electron chi connectivity index (χ4n) is 3.63. The Morgan fingerprint density at radius 1 is 1.26 bits per heavy atom. The third-order valence-electron chi connectivity index (χ3n) is 5.20. The van der Waals surface area contributed by atoms with E-state index in [1.54, 1.807) is 0 Å². The number of hydrogen-bond donors (Lipinski definition) is 1. The van der Waals surface area contributed by atoms with Gasteiger partial charge in [0.2, 0.25) is 0 Å². The highest BCUT2D eigenvalue weighted by Gasteiger charge is 2.38. The Labute approximate surface area is 134 Å². The SMILES string of the molecule is Cc1ccc2c3c(nn2c1)CCC(N)(c1cn(C2CC2)nn1)C3. The number of nitrogens with two attached hydrogens (primary N) is 1. The second-order valence-corrected chi connectivity index (χ2v) is 7.11. The molecule has 3 aromatic rings. The lowest BCUT2D eigenvalue weighted by Gasteiger charge is -2.30. The van der Waals surface area contributed by atoms with E-state index in [9.17, 15) is 0 Å². The topological polar surface area (TPSA) is 74.0 Å². The van der Waals surface area contributed by atoms with Crippen molar-refractivity contribution in [1.82, 2.24) is 24.6 Å². The van der Waals surface area contributed by atoms with Crippen LogP contribution in [-0.2, 0) is 18.4 Å². The van der Waals surface area contributed by atoms with Gasteiger partial charge in [-0.25, -0.2) is 9.20 Å². The van der Waals surface area contributed by atoms with Crippen LogP contribution in [0.3, 0.4) is 0 Å². The maximum atomic E-state index is 6.76. The Balaban J connectivity index is 1.56. The van der Waals surface area contributed by atoms with Crippen molar-refractivity contribution in [3.05, 3.63) is 47.0 Å². The minimum atomic E-state index is -0.436. The molecule has 118 valence electrons. The molecule has 2 aliphatic carbocycles. The summed E-state index contributed by atoms with van der Waals surface area (Å²) in [5.74, 6) is 0. The molecule has 0 amide bonds. The Morgan fingerprint density at radius 3 is 2.96 bits per heavy atom. The molecule has 3 heterocycles. The van der Waals surface area contributed by atoms with E-state index in [0.29, 0.717) is 6.04 Å². The van der Waals surface area contributed by atoms with Crippen molar-refractivity contribution in [2.24, 2.45) is 5.73 Å². The molecule has 5 rings (SSSR count). The molecule has 1 unspecified atom stereocenters. The third kappa shape index (κ3) is 2.01. The summed E-state index contributed by atoms with van der Waals surface area (Å²) in [6.07, 6.45) is 9.08. The van der Waals surface area contributed by atoms with E-state index in [2.05, 4.69) is 41.8 Å². The summed E-state index contributed by atoms with van der Waals surface area (Å²) in [4.78, 5) is 0. The maximum Gasteiger partial charge on any atom is 0.103 e. The predicted octanol–water partition coefficient (Wildman–Crippen LogP) is 1.91. The molecular formula is C17H20N6. The van der Waals surface area contributed by atoms with Crippen LogP contribution in [-0.4, -0.2) is 24.6 Å². The van der Waals surface area contributed by atoms with E-state index < -0.39 is 5.54 Å². The Hall–Kier alpha value is -2.21. The second-order valence-electron chi connectivity index (χ2n) is 7.11. The van der Waals surface area contributed by atoms with Gasteiger partial charge in [0.25, 0.3) is 0 Å². The van der Waals surface area contributed by atoms with E-state index in [1.807, 2.05) is 9.20 Å². The first-order chi connectivity index (χ1) is 11.1. The standard InChI is InChI=1S/C17H20N6/c1-11-2-5-15-13-8-17(18,7-6-14(13)20-23(15)9-11)16-10-22(21-19-16)12-3-4-12/h2,5,9-10,12H,3-4,6-8,18H2,1H3. The summed E-state index contributed by atoms with van der Waals surface area (Å²) in [6, 6.07) is 4.82. The molecule has 2 aliphatic rings. The summed E-state index contributed by atoms with van der Waals surface area (Å²) in [7, 11) is 0. The zero-order valence-corrected chi connectivity index (χ0v) is 13.2. The van der Waals surface area contributed by atoms with Gasteiger partial charge in [0.15, 0.2) is 0 Å². The van der Waals surface area contributed by atoms with Crippen molar-refractivity contribution in [3.8, 4) is 0 Å². The van der Waals surface area contributed by atoms with E-state index >= 15 is 0 Å². The fraction of sp³-hybridized carbons (Fsp3) is 0.471. The first kappa shape index (κ1) is 13.2. The summed E-state index contributed by atoms with van der Waals surface area (Å²) < 4.78 is 3.98. The molecule has 3 aromatic heterocycles. The second kappa shape index (κ2) is 4.41. The van der Waals surface area contributed by atoms with Gasteiger partial charge in [-0.05, 0) is 44.2 Å². The van der Waals surface area contributed by atoms with Crippen LogP contribution in [0.5, 0.6) is 0 Å². The first-order valence-corrected chi connectivity index (χ1v) is 8.30. The lowest BCUT2D eigenvalue weighted by molar-refractivity contribution is 0.373. The maximum absolute atomic E-state index is 6.76. The fourth-order valence-corrected chi connectivity index (χ4v) is 3.63. The molecule has 1 fully saturated rings. The minimum Gasteiger partial charge on any atom is -0.320 e. The van der Waals surface area contributed by atoms with E-state index in [-0.39, 0.29) is 0 Å². The number of aromatic nitrogens is 5. The molecule has 23 heavy (non-hydrogen) atoms. The van der Waals surface area contributed by atoms with Gasteiger partial charge in [0.1, 0.15) is 5.69 Å². The highest BCUT2D eigenvalue weighted by Crippen LogP contribution is 2.38. The average Bonchev–Trinajstić information content (AvgIpc) is 3.15. The highest BCUT2D eigenvalue weighted by atomic mass is 15.4. The zero-order valence-electron chi connectivity index (χ0n) is 13.2. The number of fused-ring (bicyclic) bond motifs is 3. The number of rotatable bonds is 2. The van der Waals surface area contributed by atoms with E-state index in [0.717, 1.165) is 30.5 Å². The smallest absolute Gasteiger partial charge is 0.103 e. The van der Waals surface area contributed by atoms with Gasteiger partial charge in [0.05, 0.1) is 29.0 Å². The van der Waals surface area contributed by atoms with Crippen molar-refractivity contribution in [2.45, 2.75) is 50.6 Å². The molecule has 0 aliphatic heterocycles. The van der Waals surface area contributed by atoms with Crippen LogP contribution in [0, 0.1) is 6.92 Å². The van der Waals surface area contributed by atoms with Crippen molar-refractivity contribution >= 4 is 5.52 Å². The molecule has 6 nitrogen and oxygen atoms in total. The van der Waals surface area contributed by atoms with Crippen LogP contribution in [0.2, 0.25) is 0 Å². The highest BCUT2D eigenvalue weighted by molar-refractivity contribution is 5.58. The quantitative estimate of drug-likeness (QED) is 0.785. The van der Waals surface area contributed by atoms with Crippen molar-refractivity contribution in [1.29, 1.82) is 0 Å². The summed E-state index contributed by atoms with van der Waals surface area (Å²) in [5, 5.41) is 13.4. The Morgan fingerprint density at radius 2 is 2.13 bits per heavy atom. The molecule has 1 saturated carbocycles. The largest absolute Gasteiger partial charge is 0.320 e. The summed E-state index contributed by atoms with van der Waals surface area (Å²) >= 11 is 0. The lowest BCUT2D eigenvalue weighted by Crippen LogP contribution is -2.42. The van der Waals surface area contributed by atoms with Crippen molar-refractivity contribution in [3.63, 3.8) is 0 Å². The van der Waals surface area contributed by atoms with Crippen molar-refractivity contribution in [2.75, 3.05) is 0 Å². The van der Waals surface area contributed by atoms with E-state index in [4.69, 9.17) is 10.8 Å². The van der Waals surface area contributed by atoms with Crippen LogP contribution < -0.4 is 5.73 Å². The van der Waals surface area contributed by atoms with Gasteiger partial charge in [0, 0.05) is 18.2 Å². The Kier molecular flexibility index (Phi) is 2.54. The molecule has 0 radical (unpaired) electrons. The molecule has 0 saturated heterocycles. The van der Waals surface area contributed by atoms with Gasteiger partial charge in [-0.2, -0.15) is 5.10 Å². The zero-order chi connectivity index (χ0) is 15.6. The molecule has 1 atom stereocenters. The van der Waals surface area contributed by atoms with Gasteiger partial charge < -0.3 is 5.73 Å². The van der Waals surface area contributed by atoms with Crippen molar-refractivity contribution < 1.29 is 0 Å². The van der Waals surface area contributed by atoms with Gasteiger partial charge in [-0.1, -0.05) is 11.3 Å². The van der Waals surface area contributed by atoms with Gasteiger partial charge in [-0.15, -0.1) is 5.10 Å². The number of nitrogens with zero attached hydrogens (tertiary/aromatic N) is 5. The van der Waals surface area contributed by atoms with Crippen LogP contribution >= 0.6 is 0 Å². The number of aryl methyl sites for hydroxylation is 2. The molecule has 0 bridgehead atoms. The molecule has 0 aromatic carbocycles. The molecule has 6 heteroatoms. The summed E-state index contributed by atoms with van der Waals surface area (Å²) in [5.41, 5.74) is 12.0. The van der Waals surface area contributed by atoms with Crippen LogP contribution in [0.1, 0.15) is 47.8 Å².